The standard InChI is InChI=1S/C25H26N4O3S.C2HF3O2/c1-17-5-10-24(18(2)27-17)32-16-20-15-23-22(11-12-26-25(23)28-20)19-6-8-21(9-7-19)33(30,31)29-13-3-4-14-29;3-2(4,5)1(6)7/h5-12,15H,3-4,13-14,16H2,1-2H3,(H,26,28);(H,6,7). The third-order valence-corrected chi connectivity index (χ3v) is 8.17. The number of carboxylic acids is 1. The molecular formula is C27H27F3N4O5S. The molecule has 1 aliphatic rings. The van der Waals surface area contributed by atoms with Crippen molar-refractivity contribution in [3.63, 3.8) is 0 Å². The number of hydrogen-bond acceptors (Lipinski definition) is 6. The van der Waals surface area contributed by atoms with Gasteiger partial charge in [-0.05, 0) is 74.2 Å². The summed E-state index contributed by atoms with van der Waals surface area (Å²) in [6.45, 7) is 5.45. The van der Waals surface area contributed by atoms with Crippen LogP contribution in [0.4, 0.5) is 13.2 Å². The van der Waals surface area contributed by atoms with Gasteiger partial charge in [-0.1, -0.05) is 12.1 Å². The van der Waals surface area contributed by atoms with Crippen molar-refractivity contribution < 1.29 is 36.2 Å². The number of carbonyl (C=O) groups is 1. The van der Waals surface area contributed by atoms with Gasteiger partial charge < -0.3 is 14.8 Å². The van der Waals surface area contributed by atoms with Crippen LogP contribution in [0.15, 0.2) is 59.6 Å². The summed E-state index contributed by atoms with van der Waals surface area (Å²) in [5, 5.41) is 8.09. The third-order valence-electron chi connectivity index (χ3n) is 6.26. The first-order valence-corrected chi connectivity index (χ1v) is 13.7. The number of nitrogens with zero attached hydrogens (tertiary/aromatic N) is 3. The molecule has 2 N–H and O–H groups in total. The Bertz CT molecular complexity index is 1610. The van der Waals surface area contributed by atoms with Gasteiger partial charge in [-0.15, -0.1) is 0 Å². The first-order valence-electron chi connectivity index (χ1n) is 12.3. The highest BCUT2D eigenvalue weighted by atomic mass is 32.2. The molecule has 0 saturated carbocycles. The van der Waals surface area contributed by atoms with E-state index in [1.54, 1.807) is 22.6 Å². The van der Waals surface area contributed by atoms with E-state index >= 15 is 0 Å². The Labute approximate surface area is 228 Å². The molecule has 1 aliphatic heterocycles. The molecule has 212 valence electrons. The minimum Gasteiger partial charge on any atom is -0.485 e. The molecule has 0 spiro atoms. The van der Waals surface area contributed by atoms with E-state index in [1.807, 2.05) is 50.2 Å². The van der Waals surface area contributed by atoms with E-state index in [4.69, 9.17) is 14.6 Å². The second-order valence-corrected chi connectivity index (χ2v) is 11.1. The van der Waals surface area contributed by atoms with E-state index in [2.05, 4.69) is 15.0 Å². The lowest BCUT2D eigenvalue weighted by Crippen LogP contribution is -2.27. The van der Waals surface area contributed by atoms with Crippen molar-refractivity contribution in [3.8, 4) is 16.9 Å². The third kappa shape index (κ3) is 6.59. The summed E-state index contributed by atoms with van der Waals surface area (Å²) in [6, 6.07) is 15.0. The number of carboxylic acid groups (broad SMARTS) is 1. The van der Waals surface area contributed by atoms with Gasteiger partial charge in [0.2, 0.25) is 10.0 Å². The van der Waals surface area contributed by atoms with Crippen LogP contribution >= 0.6 is 0 Å². The van der Waals surface area contributed by atoms with Crippen LogP contribution in [0.25, 0.3) is 22.2 Å². The molecule has 3 aromatic heterocycles. The van der Waals surface area contributed by atoms with Gasteiger partial charge in [0.15, 0.2) is 0 Å². The van der Waals surface area contributed by atoms with Crippen LogP contribution in [-0.4, -0.2) is 58.0 Å². The molecule has 0 radical (unpaired) electrons. The zero-order valence-electron chi connectivity index (χ0n) is 21.7. The van der Waals surface area contributed by atoms with E-state index in [0.29, 0.717) is 24.6 Å². The summed E-state index contributed by atoms with van der Waals surface area (Å²) >= 11 is 0. The molecule has 0 unspecified atom stereocenters. The van der Waals surface area contributed by atoms with Gasteiger partial charge in [-0.25, -0.2) is 18.2 Å². The summed E-state index contributed by atoms with van der Waals surface area (Å²) < 4.78 is 64.9. The number of rotatable bonds is 6. The lowest BCUT2D eigenvalue weighted by Gasteiger charge is -2.15. The summed E-state index contributed by atoms with van der Waals surface area (Å²) in [4.78, 5) is 21.4. The van der Waals surface area contributed by atoms with E-state index in [-0.39, 0.29) is 0 Å². The first kappa shape index (κ1) is 29.0. The number of aryl methyl sites for hydroxylation is 2. The van der Waals surface area contributed by atoms with E-state index in [0.717, 1.165) is 57.8 Å². The molecule has 0 amide bonds. The minimum atomic E-state index is -5.08. The molecule has 13 heteroatoms. The fourth-order valence-electron chi connectivity index (χ4n) is 4.28. The fraction of sp³-hybridized carbons (Fsp3) is 0.296. The van der Waals surface area contributed by atoms with E-state index in [1.165, 1.54) is 0 Å². The molecule has 1 saturated heterocycles. The lowest BCUT2D eigenvalue weighted by atomic mass is 10.0. The highest BCUT2D eigenvalue weighted by Crippen LogP contribution is 2.30. The molecule has 0 atom stereocenters. The number of pyridine rings is 2. The largest absolute Gasteiger partial charge is 0.490 e. The van der Waals surface area contributed by atoms with Crippen molar-refractivity contribution >= 4 is 27.0 Å². The Morgan fingerprint density at radius 3 is 2.33 bits per heavy atom. The van der Waals surface area contributed by atoms with Crippen LogP contribution < -0.4 is 4.74 Å². The van der Waals surface area contributed by atoms with Gasteiger partial charge in [-0.3, -0.25) is 4.98 Å². The molecular weight excluding hydrogens is 549 g/mol. The van der Waals surface area contributed by atoms with Crippen molar-refractivity contribution in [2.45, 2.75) is 44.4 Å². The summed E-state index contributed by atoms with van der Waals surface area (Å²) in [6.07, 6.45) is -1.49. The van der Waals surface area contributed by atoms with Gasteiger partial charge >= 0.3 is 12.1 Å². The number of alkyl halides is 3. The molecule has 4 heterocycles. The molecule has 9 nitrogen and oxygen atoms in total. The average molecular weight is 577 g/mol. The number of halogens is 3. The average Bonchev–Trinajstić information content (AvgIpc) is 3.59. The number of fused-ring (bicyclic) bond motifs is 1. The molecule has 1 fully saturated rings. The number of sulfonamides is 1. The fourth-order valence-corrected chi connectivity index (χ4v) is 5.79. The number of aromatic amines is 1. The zero-order valence-corrected chi connectivity index (χ0v) is 22.5. The number of H-pyrrole nitrogens is 1. The van der Waals surface area contributed by atoms with Crippen LogP contribution in [0.1, 0.15) is 29.9 Å². The molecule has 4 aromatic rings. The summed E-state index contributed by atoms with van der Waals surface area (Å²) in [5.41, 5.74) is 5.40. The lowest BCUT2D eigenvalue weighted by molar-refractivity contribution is -0.192. The highest BCUT2D eigenvalue weighted by molar-refractivity contribution is 7.89. The molecule has 0 bridgehead atoms. The SMILES string of the molecule is Cc1ccc(OCc2cc3c(-c4ccc(S(=O)(=O)N5CCCC5)cc4)ccnc3[nH]2)c(C)n1.O=C(O)C(F)(F)F. The van der Waals surface area contributed by atoms with Crippen molar-refractivity contribution in [1.29, 1.82) is 0 Å². The topological polar surface area (TPSA) is 125 Å². The number of aliphatic carboxylic acids is 1. The van der Waals surface area contributed by atoms with Crippen LogP contribution in [0.2, 0.25) is 0 Å². The molecule has 1 aromatic carbocycles. The van der Waals surface area contributed by atoms with Crippen molar-refractivity contribution in [3.05, 3.63) is 71.8 Å². The van der Waals surface area contributed by atoms with Crippen molar-refractivity contribution in [2.24, 2.45) is 0 Å². The number of nitrogens with one attached hydrogen (secondary N) is 1. The molecule has 5 rings (SSSR count). The van der Waals surface area contributed by atoms with Gasteiger partial charge in [0, 0.05) is 30.4 Å². The van der Waals surface area contributed by atoms with Gasteiger partial charge in [0.05, 0.1) is 16.3 Å². The number of ether oxygens (including phenoxy) is 1. The van der Waals surface area contributed by atoms with E-state index < -0.39 is 22.2 Å². The van der Waals surface area contributed by atoms with Crippen LogP contribution in [0.5, 0.6) is 5.75 Å². The van der Waals surface area contributed by atoms with Crippen LogP contribution in [0, 0.1) is 13.8 Å². The monoisotopic (exact) mass is 576 g/mol. The summed E-state index contributed by atoms with van der Waals surface area (Å²) in [5.74, 6) is -2.00. The highest BCUT2D eigenvalue weighted by Gasteiger charge is 2.38. The Kier molecular flexibility index (Phi) is 8.45. The van der Waals surface area contributed by atoms with Crippen LogP contribution in [0.3, 0.4) is 0 Å². The molecule has 0 aliphatic carbocycles. The smallest absolute Gasteiger partial charge is 0.485 e. The second kappa shape index (κ2) is 11.6. The van der Waals surface area contributed by atoms with Gasteiger partial charge in [0.25, 0.3) is 0 Å². The number of benzene rings is 1. The Morgan fingerprint density at radius 1 is 1.07 bits per heavy atom. The van der Waals surface area contributed by atoms with Gasteiger partial charge in [-0.2, -0.15) is 17.5 Å². The van der Waals surface area contributed by atoms with Crippen molar-refractivity contribution in [2.75, 3.05) is 13.1 Å². The Balaban J connectivity index is 0.000000470. The van der Waals surface area contributed by atoms with Crippen LogP contribution in [-0.2, 0) is 21.4 Å². The summed E-state index contributed by atoms with van der Waals surface area (Å²) in [7, 11) is -3.42. The van der Waals surface area contributed by atoms with E-state index in [9.17, 15) is 21.6 Å². The number of hydrogen-bond donors (Lipinski definition) is 2. The minimum absolute atomic E-state index is 0.337. The second-order valence-electron chi connectivity index (χ2n) is 9.18. The Morgan fingerprint density at radius 2 is 1.73 bits per heavy atom. The zero-order chi connectivity index (χ0) is 29.1. The first-order chi connectivity index (χ1) is 18.9. The maximum absolute atomic E-state index is 12.8. The normalized spacial score (nSPS) is 14.1. The number of aromatic nitrogens is 3. The Hall–Kier alpha value is -3.97. The predicted molar refractivity (Wildman–Crippen MR) is 141 cm³/mol. The predicted octanol–water partition coefficient (Wildman–Crippen LogP) is 5.24. The molecule has 40 heavy (non-hydrogen) atoms. The maximum atomic E-state index is 12.8. The maximum Gasteiger partial charge on any atom is 0.490 e. The quantitative estimate of drug-likeness (QED) is 0.322. The van der Waals surface area contributed by atoms with Gasteiger partial charge in [0.1, 0.15) is 18.0 Å². The van der Waals surface area contributed by atoms with Crippen molar-refractivity contribution in [1.82, 2.24) is 19.3 Å².